The summed E-state index contributed by atoms with van der Waals surface area (Å²) < 4.78 is 0.850. The maximum atomic E-state index is 13.3. The Morgan fingerprint density at radius 2 is 1.66 bits per heavy atom. The molecule has 1 aromatic heterocycles. The number of nitro benzene ring substituents is 1. The Kier molecular flexibility index (Phi) is 5.41. The first kappa shape index (κ1) is 22.4. The van der Waals surface area contributed by atoms with Gasteiger partial charge in [-0.2, -0.15) is 0 Å². The van der Waals surface area contributed by atoms with Crippen LogP contribution in [0.4, 0.5) is 10.8 Å². The van der Waals surface area contributed by atoms with Crippen molar-refractivity contribution in [3.63, 3.8) is 0 Å². The van der Waals surface area contributed by atoms with Crippen molar-refractivity contribution >= 4 is 49.8 Å². The van der Waals surface area contributed by atoms with Crippen LogP contribution >= 0.6 is 11.3 Å². The molecule has 2 heterocycles. The van der Waals surface area contributed by atoms with Crippen molar-refractivity contribution in [1.82, 2.24) is 4.98 Å². The summed E-state index contributed by atoms with van der Waals surface area (Å²) in [5.41, 5.74) is 3.29. The van der Waals surface area contributed by atoms with Crippen molar-refractivity contribution in [3.05, 3.63) is 105 Å². The topological polar surface area (TPSA) is 114 Å². The lowest BCUT2D eigenvalue weighted by atomic mass is 9.95. The summed E-state index contributed by atoms with van der Waals surface area (Å²) in [7, 11) is 0. The lowest BCUT2D eigenvalue weighted by Crippen LogP contribution is -2.29. The number of nitro groups is 1. The second-order valence-electron chi connectivity index (χ2n) is 8.35. The van der Waals surface area contributed by atoms with Gasteiger partial charge in [0.05, 0.1) is 26.8 Å². The molecule has 5 rings (SSSR count). The van der Waals surface area contributed by atoms with Crippen molar-refractivity contribution in [3.8, 4) is 0 Å². The molecule has 1 aliphatic heterocycles. The number of carbonyl (C=O) groups is 2. The molecule has 0 aliphatic carbocycles. The molecule has 0 radical (unpaired) electrons. The van der Waals surface area contributed by atoms with E-state index in [0.29, 0.717) is 21.8 Å². The number of thiazole rings is 1. The normalized spacial score (nSPS) is 17.3. The Morgan fingerprint density at radius 3 is 2.31 bits per heavy atom. The molecule has 0 saturated carbocycles. The Morgan fingerprint density at radius 1 is 1.00 bits per heavy atom. The fourth-order valence-corrected chi connectivity index (χ4v) is 5.20. The molecule has 1 fully saturated rings. The van der Waals surface area contributed by atoms with Crippen LogP contribution in [-0.4, -0.2) is 26.7 Å². The molecule has 8 nitrogen and oxygen atoms in total. The zero-order valence-electron chi connectivity index (χ0n) is 18.8. The van der Waals surface area contributed by atoms with Gasteiger partial charge in [-0.1, -0.05) is 47.2 Å². The number of Topliss-reactive ketones (excluding diaryl/α,β-unsaturated/α-hetero) is 1. The third-order valence-electron chi connectivity index (χ3n) is 5.93. The molecule has 1 saturated heterocycles. The van der Waals surface area contributed by atoms with Gasteiger partial charge in [0.15, 0.2) is 5.13 Å². The number of rotatable bonds is 4. The Bertz CT molecular complexity index is 1540. The van der Waals surface area contributed by atoms with Crippen LogP contribution < -0.4 is 4.90 Å². The highest BCUT2D eigenvalue weighted by Gasteiger charge is 2.48. The predicted octanol–water partition coefficient (Wildman–Crippen LogP) is 5.45. The van der Waals surface area contributed by atoms with Gasteiger partial charge in [-0.25, -0.2) is 4.98 Å². The minimum atomic E-state index is -1.00. The van der Waals surface area contributed by atoms with E-state index in [2.05, 4.69) is 4.98 Å². The molecular formula is C26H19N3O5S. The average molecular weight is 486 g/mol. The molecule has 1 N–H and O–H groups in total. The molecule has 35 heavy (non-hydrogen) atoms. The molecule has 3 aromatic carbocycles. The van der Waals surface area contributed by atoms with Crippen LogP contribution in [-0.2, 0) is 9.59 Å². The molecule has 0 spiro atoms. The number of aryl methyl sites for hydroxylation is 2. The minimum absolute atomic E-state index is 0.0943. The zero-order valence-corrected chi connectivity index (χ0v) is 19.6. The highest BCUT2D eigenvalue weighted by Crippen LogP contribution is 2.44. The largest absolute Gasteiger partial charge is 0.507 e. The van der Waals surface area contributed by atoms with Crippen LogP contribution in [0.1, 0.15) is 28.3 Å². The van der Waals surface area contributed by atoms with Crippen molar-refractivity contribution in [2.75, 3.05) is 4.90 Å². The van der Waals surface area contributed by atoms with Crippen molar-refractivity contribution in [2.24, 2.45) is 0 Å². The second-order valence-corrected chi connectivity index (χ2v) is 9.36. The van der Waals surface area contributed by atoms with Gasteiger partial charge in [0.2, 0.25) is 0 Å². The fourth-order valence-electron chi connectivity index (χ4n) is 4.11. The van der Waals surface area contributed by atoms with Gasteiger partial charge in [0, 0.05) is 17.7 Å². The summed E-state index contributed by atoms with van der Waals surface area (Å²) in [4.78, 5) is 43.0. The summed E-state index contributed by atoms with van der Waals surface area (Å²) in [6.45, 7) is 3.85. The fraction of sp³-hybridized carbons (Fsp3) is 0.115. The first-order chi connectivity index (χ1) is 16.7. The van der Waals surface area contributed by atoms with Crippen LogP contribution in [0.3, 0.4) is 0 Å². The minimum Gasteiger partial charge on any atom is -0.507 e. The van der Waals surface area contributed by atoms with Gasteiger partial charge < -0.3 is 5.11 Å². The number of hydrogen-bond acceptors (Lipinski definition) is 7. The highest BCUT2D eigenvalue weighted by molar-refractivity contribution is 7.22. The molecular weight excluding hydrogens is 466 g/mol. The maximum Gasteiger partial charge on any atom is 0.301 e. The molecule has 1 amide bonds. The SMILES string of the molecule is Cc1ccc(C(O)=C2C(=O)C(=O)N(c3nc4ccc(C)cc4s3)C2c2ccc([N+](=O)[O-])cc2)cc1. The van der Waals surface area contributed by atoms with Crippen LogP contribution in [0.5, 0.6) is 0 Å². The number of aliphatic hydroxyl groups is 1. The summed E-state index contributed by atoms with van der Waals surface area (Å²) in [5, 5.41) is 22.6. The van der Waals surface area contributed by atoms with Gasteiger partial charge in [-0.05, 0) is 49.2 Å². The number of nitrogens with zero attached hydrogens (tertiary/aromatic N) is 3. The van der Waals surface area contributed by atoms with E-state index in [9.17, 15) is 24.8 Å². The van der Waals surface area contributed by atoms with E-state index in [-0.39, 0.29) is 17.0 Å². The van der Waals surface area contributed by atoms with E-state index in [1.165, 1.54) is 40.5 Å². The monoisotopic (exact) mass is 485 g/mol. The number of aliphatic hydroxyl groups excluding tert-OH is 1. The number of benzene rings is 3. The molecule has 4 aromatic rings. The van der Waals surface area contributed by atoms with E-state index >= 15 is 0 Å². The summed E-state index contributed by atoms with van der Waals surface area (Å²) in [6.07, 6.45) is 0. The molecule has 1 aliphatic rings. The number of carbonyl (C=O) groups excluding carboxylic acids is 2. The average Bonchev–Trinajstić information content (AvgIpc) is 3.37. The van der Waals surface area contributed by atoms with E-state index in [0.717, 1.165) is 15.8 Å². The lowest BCUT2D eigenvalue weighted by molar-refractivity contribution is -0.384. The zero-order chi connectivity index (χ0) is 24.9. The molecule has 1 unspecified atom stereocenters. The number of amides is 1. The molecule has 9 heteroatoms. The maximum absolute atomic E-state index is 13.3. The predicted molar refractivity (Wildman–Crippen MR) is 133 cm³/mol. The number of aromatic nitrogens is 1. The molecule has 0 bridgehead atoms. The Labute approximate surface area is 203 Å². The third kappa shape index (κ3) is 3.85. The van der Waals surface area contributed by atoms with Gasteiger partial charge in [-0.3, -0.25) is 24.6 Å². The standard InChI is InChI=1S/C26H19N3O5S/c1-14-3-6-17(7-4-14)23(30)21-22(16-8-10-18(11-9-16)29(33)34)28(25(32)24(21)31)26-27-19-12-5-15(2)13-20(19)35-26/h3-13,22,30H,1-2H3. The van der Waals surface area contributed by atoms with E-state index in [1.54, 1.807) is 24.3 Å². The third-order valence-corrected chi connectivity index (χ3v) is 6.95. The van der Waals surface area contributed by atoms with Gasteiger partial charge in [-0.15, -0.1) is 0 Å². The van der Waals surface area contributed by atoms with E-state index in [4.69, 9.17) is 0 Å². The Hall–Kier alpha value is -4.37. The van der Waals surface area contributed by atoms with Gasteiger partial charge >= 0.3 is 5.91 Å². The summed E-state index contributed by atoms with van der Waals surface area (Å²) >= 11 is 1.26. The van der Waals surface area contributed by atoms with Crippen LogP contribution in [0.25, 0.3) is 16.0 Å². The van der Waals surface area contributed by atoms with Gasteiger partial charge in [0.1, 0.15) is 5.76 Å². The first-order valence-corrected chi connectivity index (χ1v) is 11.6. The number of ketones is 1. The van der Waals surface area contributed by atoms with Crippen molar-refractivity contribution < 1.29 is 19.6 Å². The lowest BCUT2D eigenvalue weighted by Gasteiger charge is -2.22. The van der Waals surface area contributed by atoms with E-state index < -0.39 is 22.7 Å². The summed E-state index contributed by atoms with van der Waals surface area (Å²) in [5.74, 6) is -1.98. The van der Waals surface area contributed by atoms with Crippen LogP contribution in [0.2, 0.25) is 0 Å². The summed E-state index contributed by atoms with van der Waals surface area (Å²) in [6, 6.07) is 17.2. The molecule has 1 atom stereocenters. The second kappa shape index (κ2) is 8.44. The van der Waals surface area contributed by atoms with Crippen molar-refractivity contribution in [2.45, 2.75) is 19.9 Å². The van der Waals surface area contributed by atoms with Crippen LogP contribution in [0.15, 0.2) is 72.3 Å². The Balaban J connectivity index is 1.72. The number of non-ortho nitro benzene ring substituents is 1. The first-order valence-electron chi connectivity index (χ1n) is 10.7. The number of hydrogen-bond donors (Lipinski definition) is 1. The quantitative estimate of drug-likeness (QED) is 0.135. The molecule has 174 valence electrons. The highest BCUT2D eigenvalue weighted by atomic mass is 32.1. The van der Waals surface area contributed by atoms with Gasteiger partial charge in [0.25, 0.3) is 11.5 Å². The van der Waals surface area contributed by atoms with Crippen LogP contribution in [0, 0.1) is 24.0 Å². The smallest absolute Gasteiger partial charge is 0.301 e. The number of fused-ring (bicyclic) bond motifs is 1. The van der Waals surface area contributed by atoms with E-state index in [1.807, 2.05) is 32.0 Å². The van der Waals surface area contributed by atoms with Crippen molar-refractivity contribution in [1.29, 1.82) is 0 Å². The number of anilines is 1.